The van der Waals surface area contributed by atoms with Gasteiger partial charge >= 0.3 is 5.97 Å². The number of hydrogen-bond donors (Lipinski definition) is 0. The zero-order chi connectivity index (χ0) is 30.0. The molecule has 2 atom stereocenters. The highest BCUT2D eigenvalue weighted by Crippen LogP contribution is 2.47. The lowest BCUT2D eigenvalue weighted by Gasteiger charge is -2.36. The monoisotopic (exact) mass is 571 g/mol. The van der Waals surface area contributed by atoms with Crippen LogP contribution in [0.5, 0.6) is 5.75 Å². The second kappa shape index (κ2) is 18.5. The van der Waals surface area contributed by atoms with Gasteiger partial charge in [-0.1, -0.05) is 115 Å². The van der Waals surface area contributed by atoms with Crippen LogP contribution in [-0.2, 0) is 9.53 Å². The van der Waals surface area contributed by atoms with Crippen molar-refractivity contribution < 1.29 is 14.3 Å². The Balaban J connectivity index is 1.44. The largest absolute Gasteiger partial charge is 0.490 e. The van der Waals surface area contributed by atoms with E-state index in [0.717, 1.165) is 76.4 Å². The molecule has 1 aliphatic carbocycles. The first kappa shape index (κ1) is 33.4. The van der Waals surface area contributed by atoms with Crippen molar-refractivity contribution in [2.45, 2.75) is 129 Å². The molecule has 0 radical (unpaired) electrons. The van der Waals surface area contributed by atoms with Gasteiger partial charge in [0.1, 0.15) is 5.75 Å². The Labute approximate surface area is 255 Å². The molecule has 0 aromatic heterocycles. The fourth-order valence-corrected chi connectivity index (χ4v) is 6.48. The van der Waals surface area contributed by atoms with Crippen LogP contribution < -0.4 is 4.74 Å². The van der Waals surface area contributed by atoms with Gasteiger partial charge in [0.25, 0.3) is 0 Å². The average Bonchev–Trinajstić information content (AvgIpc) is 3.02. The van der Waals surface area contributed by atoms with Gasteiger partial charge < -0.3 is 9.47 Å². The van der Waals surface area contributed by atoms with Crippen LogP contribution >= 0.6 is 0 Å². The first-order chi connectivity index (χ1) is 20.5. The number of nitrogens with zero attached hydrogens (tertiary/aromatic N) is 1. The van der Waals surface area contributed by atoms with Gasteiger partial charge in [-0.25, -0.2) is 4.79 Å². The van der Waals surface area contributed by atoms with E-state index in [1.807, 2.05) is 0 Å². The molecule has 1 fully saturated rings. The number of benzene rings is 2. The van der Waals surface area contributed by atoms with Crippen LogP contribution in [0.3, 0.4) is 0 Å². The van der Waals surface area contributed by atoms with Crippen molar-refractivity contribution in [3.63, 3.8) is 0 Å². The summed E-state index contributed by atoms with van der Waals surface area (Å²) in [4.78, 5) is 11.1. The van der Waals surface area contributed by atoms with Gasteiger partial charge in [-0.2, -0.15) is 5.26 Å². The van der Waals surface area contributed by atoms with Gasteiger partial charge in [0.15, 0.2) is 0 Å². The highest BCUT2D eigenvalue weighted by Gasteiger charge is 2.36. The lowest BCUT2D eigenvalue weighted by atomic mass is 9.66. The second-order valence-corrected chi connectivity index (χ2v) is 12.2. The molecule has 2 aromatic rings. The second-order valence-electron chi connectivity index (χ2n) is 12.2. The third-order valence-corrected chi connectivity index (χ3v) is 8.89. The Hall–Kier alpha value is -3.06. The van der Waals surface area contributed by atoms with Gasteiger partial charge in [-0.3, -0.25) is 0 Å². The van der Waals surface area contributed by atoms with Crippen molar-refractivity contribution in [3.8, 4) is 22.9 Å². The Morgan fingerprint density at radius 2 is 1.55 bits per heavy atom. The first-order valence-electron chi connectivity index (χ1n) is 16.6. The predicted molar refractivity (Wildman–Crippen MR) is 173 cm³/mol. The standard InChI is InChI=1S/C38H53NO3/c1-4-15-35(16-5-2)42-36-24-22-32(23-25-36)31-18-20-33(21-19-31)34-17-14-27-38(29-34,30-39)26-12-10-8-7-9-11-13-28-41-37(40)6-3/h6,18-25,34-35H,3-5,7-17,26-29H2,1-2H3. The third kappa shape index (κ3) is 11.0. The van der Waals surface area contributed by atoms with Crippen molar-refractivity contribution in [1.29, 1.82) is 5.26 Å². The number of carbonyl (C=O) groups is 1. The molecule has 2 aromatic carbocycles. The minimum Gasteiger partial charge on any atom is -0.490 e. The molecule has 0 spiro atoms. The highest BCUT2D eigenvalue weighted by atomic mass is 16.5. The summed E-state index contributed by atoms with van der Waals surface area (Å²) in [7, 11) is 0. The zero-order valence-electron chi connectivity index (χ0n) is 26.3. The number of nitriles is 1. The molecule has 0 aliphatic heterocycles. The van der Waals surface area contributed by atoms with Crippen LogP contribution in [0.2, 0.25) is 0 Å². The van der Waals surface area contributed by atoms with Gasteiger partial charge in [0.2, 0.25) is 0 Å². The van der Waals surface area contributed by atoms with Crippen molar-refractivity contribution in [2.24, 2.45) is 5.41 Å². The molecule has 0 N–H and O–H groups in total. The molecule has 0 heterocycles. The summed E-state index contributed by atoms with van der Waals surface area (Å²) in [6.07, 6.45) is 19.3. The maximum absolute atomic E-state index is 11.1. The SMILES string of the molecule is C=CC(=O)OCCCCCCCCCC1(C#N)CCCC(c2ccc(-c3ccc(OC(CCC)CCC)cc3)cc2)C1. The fourth-order valence-electron chi connectivity index (χ4n) is 6.48. The minimum absolute atomic E-state index is 0.181. The first-order valence-corrected chi connectivity index (χ1v) is 16.6. The van der Waals surface area contributed by atoms with Crippen molar-refractivity contribution in [2.75, 3.05) is 6.61 Å². The minimum atomic E-state index is -0.335. The zero-order valence-corrected chi connectivity index (χ0v) is 26.3. The molecule has 2 unspecified atom stereocenters. The number of unbranched alkanes of at least 4 members (excludes halogenated alkanes) is 6. The molecule has 1 saturated carbocycles. The summed E-state index contributed by atoms with van der Waals surface area (Å²) < 4.78 is 11.3. The maximum Gasteiger partial charge on any atom is 0.330 e. The van der Waals surface area contributed by atoms with E-state index in [4.69, 9.17) is 9.47 Å². The third-order valence-electron chi connectivity index (χ3n) is 8.89. The van der Waals surface area contributed by atoms with Crippen molar-refractivity contribution in [3.05, 3.63) is 66.7 Å². The van der Waals surface area contributed by atoms with E-state index in [-0.39, 0.29) is 11.4 Å². The normalized spacial score (nSPS) is 18.4. The molecule has 4 heteroatoms. The summed E-state index contributed by atoms with van der Waals surface area (Å²) >= 11 is 0. The quantitative estimate of drug-likeness (QED) is 0.0956. The summed E-state index contributed by atoms with van der Waals surface area (Å²) in [5.41, 5.74) is 3.63. The molecule has 42 heavy (non-hydrogen) atoms. The molecule has 1 aliphatic rings. The topological polar surface area (TPSA) is 59.3 Å². The van der Waals surface area contributed by atoms with Crippen LogP contribution in [-0.4, -0.2) is 18.7 Å². The van der Waals surface area contributed by atoms with E-state index in [1.165, 1.54) is 54.9 Å². The number of ether oxygens (including phenoxy) is 2. The summed E-state index contributed by atoms with van der Waals surface area (Å²) in [6.45, 7) is 8.33. The van der Waals surface area contributed by atoms with Crippen LogP contribution in [0.1, 0.15) is 128 Å². The summed E-state index contributed by atoms with van der Waals surface area (Å²) in [5.74, 6) is 1.09. The fraction of sp³-hybridized carbons (Fsp3) is 0.579. The van der Waals surface area contributed by atoms with Gasteiger partial charge in [-0.15, -0.1) is 0 Å². The van der Waals surface area contributed by atoms with Gasteiger partial charge in [0, 0.05) is 6.08 Å². The summed E-state index contributed by atoms with van der Waals surface area (Å²) in [6, 6.07) is 20.4. The Morgan fingerprint density at radius 1 is 0.952 bits per heavy atom. The Kier molecular flexibility index (Phi) is 14.7. The molecule has 0 amide bonds. The number of carbonyl (C=O) groups excluding carboxylic acids is 1. The average molecular weight is 572 g/mol. The van der Waals surface area contributed by atoms with E-state index in [0.29, 0.717) is 18.6 Å². The van der Waals surface area contributed by atoms with E-state index >= 15 is 0 Å². The lowest BCUT2D eigenvalue weighted by Crippen LogP contribution is -2.26. The smallest absolute Gasteiger partial charge is 0.330 e. The molecule has 0 bridgehead atoms. The van der Waals surface area contributed by atoms with Gasteiger partial charge in [0.05, 0.1) is 24.2 Å². The van der Waals surface area contributed by atoms with E-state index in [9.17, 15) is 10.1 Å². The maximum atomic E-state index is 11.1. The van der Waals surface area contributed by atoms with Crippen molar-refractivity contribution in [1.82, 2.24) is 0 Å². The number of esters is 1. The highest BCUT2D eigenvalue weighted by molar-refractivity contribution is 5.81. The molecule has 4 nitrogen and oxygen atoms in total. The molecular formula is C38H53NO3. The number of rotatable bonds is 19. The van der Waals surface area contributed by atoms with Crippen LogP contribution in [0.25, 0.3) is 11.1 Å². The van der Waals surface area contributed by atoms with E-state index in [2.05, 4.69) is 75.0 Å². The van der Waals surface area contributed by atoms with E-state index < -0.39 is 0 Å². The number of hydrogen-bond acceptors (Lipinski definition) is 4. The van der Waals surface area contributed by atoms with E-state index in [1.54, 1.807) is 0 Å². The Morgan fingerprint density at radius 3 is 2.14 bits per heavy atom. The van der Waals surface area contributed by atoms with Crippen LogP contribution in [0.15, 0.2) is 61.2 Å². The molecule has 0 saturated heterocycles. The molecule has 228 valence electrons. The predicted octanol–water partition coefficient (Wildman–Crippen LogP) is 10.7. The Bertz CT molecular complexity index is 1090. The van der Waals surface area contributed by atoms with Gasteiger partial charge in [-0.05, 0) is 79.7 Å². The molecular weight excluding hydrogens is 518 g/mol. The summed E-state index contributed by atoms with van der Waals surface area (Å²) in [5, 5.41) is 10.2. The van der Waals surface area contributed by atoms with Crippen molar-refractivity contribution >= 4 is 5.97 Å². The molecule has 3 rings (SSSR count). The van der Waals surface area contributed by atoms with Crippen LogP contribution in [0.4, 0.5) is 0 Å². The van der Waals surface area contributed by atoms with Crippen LogP contribution in [0, 0.1) is 16.7 Å². The lowest BCUT2D eigenvalue weighted by molar-refractivity contribution is -0.137.